The van der Waals surface area contributed by atoms with Crippen LogP contribution in [0.1, 0.15) is 0 Å². The van der Waals surface area contributed by atoms with Crippen LogP contribution >= 0.6 is 19.8 Å². The van der Waals surface area contributed by atoms with Gasteiger partial charge in [0, 0.05) is 0 Å². The van der Waals surface area contributed by atoms with Gasteiger partial charge in [-0.1, -0.05) is 0 Å². The van der Waals surface area contributed by atoms with Gasteiger partial charge in [-0.15, -0.1) is 0 Å². The van der Waals surface area contributed by atoms with Crippen molar-refractivity contribution >= 4 is 19.8 Å². The quantitative estimate of drug-likeness (QED) is 0.260. The van der Waals surface area contributed by atoms with Crippen molar-refractivity contribution in [3.8, 4) is 0 Å². The van der Waals surface area contributed by atoms with Gasteiger partial charge in [0.15, 0.2) is 0 Å². The summed E-state index contributed by atoms with van der Waals surface area (Å²) in [5, 5.41) is 0. The molecule has 0 amide bonds. The van der Waals surface area contributed by atoms with Crippen molar-refractivity contribution in [1.82, 2.24) is 0 Å². The molecule has 0 spiro atoms. The maximum atomic E-state index is 0. The van der Waals surface area contributed by atoms with Crippen molar-refractivity contribution in [2.75, 3.05) is 0 Å². The minimum atomic E-state index is 0. The van der Waals surface area contributed by atoms with E-state index in [2.05, 4.69) is 0 Å². The van der Waals surface area contributed by atoms with Crippen LogP contribution in [-0.4, -0.2) is 0 Å². The zero-order chi connectivity index (χ0) is 0. The molecule has 0 aromatic rings. The summed E-state index contributed by atoms with van der Waals surface area (Å²) in [6, 6.07) is 0. The number of rotatable bonds is 0. The SMILES string of the molecule is P.P.[O-2].[O-2].[O-2].[O-2].[O-2].[O-2].[O-2].[O-2].[O-2].[O-2].[O-2].[U+6].[U+6].[V+5].[V+5]. The molecule has 0 heterocycles. The standard InChI is InChI=1S/11O.2H3P.2U.2V/h;;;;;;;;;;;2*1H3;;;;/q11*-2;;;2*+6;2*+5. The molecule has 0 N–H and O–H groups in total. The Balaban J connectivity index is 0. The Bertz CT molecular complexity index is 25.4. The first kappa shape index (κ1) is 588. The van der Waals surface area contributed by atoms with Gasteiger partial charge in [0.2, 0.25) is 0 Å². The molecule has 0 aliphatic rings. The second kappa shape index (κ2) is 505. The molecule has 2 unspecified atom stereocenters. The molecule has 11 nitrogen and oxygen atoms in total. The van der Waals surface area contributed by atoms with E-state index in [1.54, 1.807) is 0 Å². The second-order valence-corrected chi connectivity index (χ2v) is 0. The van der Waals surface area contributed by atoms with E-state index < -0.39 is 0 Å². The molecule has 0 saturated heterocycles. The summed E-state index contributed by atoms with van der Waals surface area (Å²) in [6.07, 6.45) is 0. The minimum absolute atomic E-state index is 0. The summed E-state index contributed by atoms with van der Waals surface area (Å²) in [7, 11) is 0. The Hall–Kier alpha value is 3.69. The van der Waals surface area contributed by atoms with Crippen molar-refractivity contribution in [2.24, 2.45) is 0 Å². The van der Waals surface area contributed by atoms with Gasteiger partial charge in [-0.05, 0) is 0 Å². The predicted octanol–water partition coefficient (Wildman–Crippen LogP) is -1.20. The van der Waals surface area contributed by atoms with E-state index in [0.717, 1.165) is 0 Å². The third-order valence-electron chi connectivity index (χ3n) is 0. The zero-order valence-electron chi connectivity index (χ0n) is 7.80. The topological polar surface area (TPSA) is 314 Å². The molecule has 100 valence electrons. The van der Waals surface area contributed by atoms with Crippen molar-refractivity contribution in [3.05, 3.63) is 0 Å². The molecular formula is H6O11P2U2V2. The van der Waals surface area contributed by atoms with Crippen molar-refractivity contribution < 1.29 is 160 Å². The van der Waals surface area contributed by atoms with Crippen LogP contribution in [0.25, 0.3) is 0 Å². The minimum Gasteiger partial charge on any atom is -2.00 e. The molecule has 17 heteroatoms. The van der Waals surface area contributed by atoms with Gasteiger partial charge >= 0.3 is 99.3 Å². The summed E-state index contributed by atoms with van der Waals surface area (Å²) >= 11 is 0. The molecule has 2 atom stereocenters. The Labute approximate surface area is 177 Å². The first-order valence-electron chi connectivity index (χ1n) is 0. The molecule has 0 aliphatic carbocycles. The van der Waals surface area contributed by atoms with E-state index in [1.807, 2.05) is 0 Å². The summed E-state index contributed by atoms with van der Waals surface area (Å²) in [6.45, 7) is 0. The van der Waals surface area contributed by atoms with Crippen LogP contribution in [0.15, 0.2) is 0 Å². The van der Waals surface area contributed by atoms with E-state index >= 15 is 0 Å². The van der Waals surface area contributed by atoms with E-state index in [1.165, 1.54) is 0 Å². The van der Waals surface area contributed by atoms with E-state index in [0.29, 0.717) is 0 Å². The van der Waals surface area contributed by atoms with E-state index in [4.69, 9.17) is 0 Å². The first-order valence-corrected chi connectivity index (χ1v) is 0. The Morgan fingerprint density at radius 1 is 0.235 bits per heavy atom. The first-order chi connectivity index (χ1) is 0. The fraction of sp³-hybridized carbons (Fsp3) is 0. The molecule has 0 radical (unpaired) electrons. The van der Waals surface area contributed by atoms with Gasteiger partial charge in [0.25, 0.3) is 0 Å². The van der Waals surface area contributed by atoms with E-state index in [-0.39, 0.29) is 179 Å². The van der Waals surface area contributed by atoms with Gasteiger partial charge in [-0.2, -0.15) is 19.8 Å². The van der Waals surface area contributed by atoms with Crippen LogP contribution in [-0.2, 0) is 97.3 Å². The maximum Gasteiger partial charge on any atom is 6.00 e. The van der Waals surface area contributed by atoms with Crippen LogP contribution in [0.3, 0.4) is 0 Å². The van der Waals surface area contributed by atoms with Crippen LogP contribution < -0.4 is 0 Å². The van der Waals surface area contributed by atoms with Crippen molar-refractivity contribution in [1.29, 1.82) is 0 Å². The number of hydrogen-bond acceptors (Lipinski definition) is 0. The smallest absolute Gasteiger partial charge is 2.00 e. The van der Waals surface area contributed by atoms with Gasteiger partial charge < -0.3 is 60.2 Å². The fourth-order valence-corrected chi connectivity index (χ4v) is 0. The van der Waals surface area contributed by atoms with E-state index in [9.17, 15) is 0 Å². The molecule has 0 aromatic heterocycles. The summed E-state index contributed by atoms with van der Waals surface area (Å²) in [5.74, 6) is 0. The summed E-state index contributed by atoms with van der Waals surface area (Å²) in [4.78, 5) is 0. The summed E-state index contributed by atoms with van der Waals surface area (Å²) < 4.78 is 0. The van der Waals surface area contributed by atoms with Crippen molar-refractivity contribution in [3.63, 3.8) is 0 Å². The van der Waals surface area contributed by atoms with Crippen LogP contribution in [0.4, 0.5) is 0 Å². The molecular weight excluding hydrogens is 816 g/mol. The molecule has 0 aromatic carbocycles. The Morgan fingerprint density at radius 3 is 0.235 bits per heavy atom. The zero-order valence-corrected chi connectivity index (χ0v) is 21.7. The normalized spacial score (nSPS) is 0. The van der Waals surface area contributed by atoms with Gasteiger partial charge in [-0.3, -0.25) is 0 Å². The third kappa shape index (κ3) is 452. The van der Waals surface area contributed by atoms with Crippen LogP contribution in [0.2, 0.25) is 0 Å². The van der Waals surface area contributed by atoms with Gasteiger partial charge in [-0.25, -0.2) is 0 Å². The largest absolute Gasteiger partial charge is 6.00 e. The second-order valence-electron chi connectivity index (χ2n) is 0. The Kier molecular flexibility index (Phi) is 17500. The van der Waals surface area contributed by atoms with Crippen LogP contribution in [0.5, 0.6) is 0 Å². The monoisotopic (exact) mass is 822 g/mol. The molecule has 0 fully saturated rings. The van der Waals surface area contributed by atoms with Crippen LogP contribution in [0, 0.1) is 62.2 Å². The fourth-order valence-electron chi connectivity index (χ4n) is 0. The van der Waals surface area contributed by atoms with Crippen molar-refractivity contribution in [2.45, 2.75) is 0 Å². The maximum absolute atomic E-state index is 0. The summed E-state index contributed by atoms with van der Waals surface area (Å²) in [5.41, 5.74) is 0. The molecule has 0 saturated carbocycles. The average Bonchev–Trinajstić information content (AvgIpc) is 0. The van der Waals surface area contributed by atoms with Gasteiger partial charge in [0.05, 0.1) is 0 Å². The Morgan fingerprint density at radius 2 is 0.235 bits per heavy atom. The predicted molar refractivity (Wildman–Crippen MR) is 29.8 cm³/mol. The average molecular weight is 822 g/mol. The molecule has 0 bridgehead atoms. The molecule has 0 aliphatic heterocycles. The van der Waals surface area contributed by atoms with Gasteiger partial charge in [0.1, 0.15) is 0 Å². The molecule has 17 heavy (non-hydrogen) atoms. The molecule has 0 rings (SSSR count). The number of hydrogen-bond donors (Lipinski definition) is 0. The third-order valence-corrected chi connectivity index (χ3v) is 0.